The Morgan fingerprint density at radius 3 is 2.48 bits per heavy atom. The lowest BCUT2D eigenvalue weighted by molar-refractivity contribution is 0.131. The zero-order chi connectivity index (χ0) is 16.2. The van der Waals surface area contributed by atoms with E-state index in [1.807, 2.05) is 0 Å². The van der Waals surface area contributed by atoms with Crippen LogP contribution in [-0.4, -0.2) is 36.1 Å². The average Bonchev–Trinajstić information content (AvgIpc) is 2.56. The summed E-state index contributed by atoms with van der Waals surface area (Å²) in [5.41, 5.74) is 2.71. The Bertz CT molecular complexity index is 506. The van der Waals surface area contributed by atoms with Gasteiger partial charge in [0.25, 0.3) is 0 Å². The Morgan fingerprint density at radius 2 is 1.78 bits per heavy atom. The molecule has 1 aromatic heterocycles. The van der Waals surface area contributed by atoms with Crippen LogP contribution >= 0.6 is 0 Å². The van der Waals surface area contributed by atoms with Gasteiger partial charge < -0.3 is 4.90 Å². The lowest BCUT2D eigenvalue weighted by Crippen LogP contribution is -2.36. The summed E-state index contributed by atoms with van der Waals surface area (Å²) in [4.78, 5) is 10.1. The molecule has 3 nitrogen and oxygen atoms in total. The van der Waals surface area contributed by atoms with Crippen molar-refractivity contribution in [2.45, 2.75) is 65.3 Å². The second kappa shape index (κ2) is 7.65. The fraction of sp³-hybridized carbons (Fsp3) is 0.750. The summed E-state index contributed by atoms with van der Waals surface area (Å²) in [5.74, 6) is 1.92. The van der Waals surface area contributed by atoms with Crippen molar-refractivity contribution < 1.29 is 0 Å². The highest BCUT2D eigenvalue weighted by atomic mass is 15.2. The lowest BCUT2D eigenvalue weighted by Gasteiger charge is -2.38. The Kier molecular flexibility index (Phi) is 5.58. The highest BCUT2D eigenvalue weighted by Crippen LogP contribution is 2.33. The van der Waals surface area contributed by atoms with Gasteiger partial charge in [-0.1, -0.05) is 26.3 Å². The van der Waals surface area contributed by atoms with E-state index in [1.165, 1.54) is 81.8 Å². The number of aromatic nitrogens is 1. The van der Waals surface area contributed by atoms with E-state index in [9.17, 15) is 0 Å². The number of piperidine rings is 2. The van der Waals surface area contributed by atoms with Gasteiger partial charge in [-0.15, -0.1) is 0 Å². The minimum atomic E-state index is 0.578. The van der Waals surface area contributed by atoms with E-state index in [0.717, 1.165) is 5.92 Å². The molecule has 2 fully saturated rings. The number of rotatable bonds is 4. The average molecular weight is 316 g/mol. The molecule has 0 amide bonds. The standard InChI is InChI=1S/C20H33N3/c1-16(2)15-23-14-8-5-9-19(23)18-10-11-20(21-17(18)3)22-12-6-4-7-13-22/h10-11,16,19H,4-9,12-15H2,1-3H3/t19-/m0/s1. The summed E-state index contributed by atoms with van der Waals surface area (Å²) >= 11 is 0. The second-order valence-electron chi connectivity index (χ2n) is 7.79. The zero-order valence-electron chi connectivity index (χ0n) is 15.2. The van der Waals surface area contributed by atoms with Gasteiger partial charge in [-0.3, -0.25) is 4.90 Å². The molecule has 3 heterocycles. The van der Waals surface area contributed by atoms with Gasteiger partial charge in [0.1, 0.15) is 5.82 Å². The van der Waals surface area contributed by atoms with E-state index in [4.69, 9.17) is 4.98 Å². The lowest BCUT2D eigenvalue weighted by atomic mass is 9.93. The fourth-order valence-corrected chi connectivity index (χ4v) is 4.24. The second-order valence-corrected chi connectivity index (χ2v) is 7.79. The molecule has 0 bridgehead atoms. The van der Waals surface area contributed by atoms with Crippen LogP contribution in [0.4, 0.5) is 5.82 Å². The Balaban J connectivity index is 1.78. The van der Waals surface area contributed by atoms with E-state index < -0.39 is 0 Å². The maximum absolute atomic E-state index is 4.98. The molecule has 128 valence electrons. The van der Waals surface area contributed by atoms with Crippen molar-refractivity contribution in [2.75, 3.05) is 31.1 Å². The Labute approximate surface area is 142 Å². The predicted molar refractivity (Wildman–Crippen MR) is 98.0 cm³/mol. The number of hydrogen-bond acceptors (Lipinski definition) is 3. The van der Waals surface area contributed by atoms with E-state index in [0.29, 0.717) is 6.04 Å². The smallest absolute Gasteiger partial charge is 0.128 e. The Morgan fingerprint density at radius 1 is 1.04 bits per heavy atom. The molecule has 0 aromatic carbocycles. The van der Waals surface area contributed by atoms with Crippen LogP contribution in [-0.2, 0) is 0 Å². The van der Waals surface area contributed by atoms with Crippen molar-refractivity contribution >= 4 is 5.82 Å². The monoisotopic (exact) mass is 315 g/mol. The van der Waals surface area contributed by atoms with Crippen LogP contribution in [0.25, 0.3) is 0 Å². The van der Waals surface area contributed by atoms with E-state index >= 15 is 0 Å². The Hall–Kier alpha value is -1.09. The number of aryl methyl sites for hydroxylation is 1. The van der Waals surface area contributed by atoms with Crippen LogP contribution in [0, 0.1) is 12.8 Å². The van der Waals surface area contributed by atoms with Gasteiger partial charge in [-0.25, -0.2) is 4.98 Å². The minimum Gasteiger partial charge on any atom is -0.357 e. The van der Waals surface area contributed by atoms with E-state index in [-0.39, 0.29) is 0 Å². The van der Waals surface area contributed by atoms with Crippen molar-refractivity contribution in [3.8, 4) is 0 Å². The van der Waals surface area contributed by atoms with Gasteiger partial charge in [-0.05, 0) is 63.1 Å². The summed E-state index contributed by atoms with van der Waals surface area (Å²) in [7, 11) is 0. The third kappa shape index (κ3) is 4.06. The maximum Gasteiger partial charge on any atom is 0.128 e. The van der Waals surface area contributed by atoms with Crippen LogP contribution in [0.5, 0.6) is 0 Å². The molecule has 0 saturated carbocycles. The molecule has 3 heteroatoms. The summed E-state index contributed by atoms with van der Waals surface area (Å²) in [5, 5.41) is 0. The fourth-order valence-electron chi connectivity index (χ4n) is 4.24. The molecule has 0 N–H and O–H groups in total. The predicted octanol–water partition coefficient (Wildman–Crippen LogP) is 4.56. The van der Waals surface area contributed by atoms with Gasteiger partial charge in [0, 0.05) is 31.4 Å². The van der Waals surface area contributed by atoms with Crippen molar-refractivity contribution in [3.05, 3.63) is 23.4 Å². The molecule has 2 saturated heterocycles. The molecule has 23 heavy (non-hydrogen) atoms. The van der Waals surface area contributed by atoms with Crippen molar-refractivity contribution in [3.63, 3.8) is 0 Å². The molecule has 1 atom stereocenters. The van der Waals surface area contributed by atoms with Gasteiger partial charge in [0.15, 0.2) is 0 Å². The molecule has 0 spiro atoms. The highest BCUT2D eigenvalue weighted by Gasteiger charge is 2.26. The van der Waals surface area contributed by atoms with Crippen LogP contribution in [0.3, 0.4) is 0 Å². The number of hydrogen-bond donors (Lipinski definition) is 0. The molecule has 2 aliphatic rings. The third-order valence-corrected chi connectivity index (χ3v) is 5.36. The topological polar surface area (TPSA) is 19.4 Å². The van der Waals surface area contributed by atoms with E-state index in [1.54, 1.807) is 0 Å². The van der Waals surface area contributed by atoms with Gasteiger partial charge in [-0.2, -0.15) is 0 Å². The van der Waals surface area contributed by atoms with Crippen molar-refractivity contribution in [1.29, 1.82) is 0 Å². The highest BCUT2D eigenvalue weighted by molar-refractivity contribution is 5.42. The summed E-state index contributed by atoms with van der Waals surface area (Å²) in [6.45, 7) is 11.7. The van der Waals surface area contributed by atoms with Gasteiger partial charge >= 0.3 is 0 Å². The summed E-state index contributed by atoms with van der Waals surface area (Å²) < 4.78 is 0. The zero-order valence-corrected chi connectivity index (χ0v) is 15.2. The SMILES string of the molecule is Cc1nc(N2CCCCC2)ccc1[C@@H]1CCCCN1CC(C)C. The first kappa shape index (κ1) is 16.8. The largest absolute Gasteiger partial charge is 0.357 e. The molecule has 0 unspecified atom stereocenters. The first-order valence-corrected chi connectivity index (χ1v) is 9.61. The molecule has 0 radical (unpaired) electrons. The first-order chi connectivity index (χ1) is 11.1. The molecule has 0 aliphatic carbocycles. The number of pyridine rings is 1. The number of likely N-dealkylation sites (tertiary alicyclic amines) is 1. The van der Waals surface area contributed by atoms with Gasteiger partial charge in [0.2, 0.25) is 0 Å². The molecule has 1 aromatic rings. The van der Waals surface area contributed by atoms with Crippen LogP contribution in [0.2, 0.25) is 0 Å². The number of nitrogens with zero attached hydrogens (tertiary/aromatic N) is 3. The van der Waals surface area contributed by atoms with E-state index in [2.05, 4.69) is 42.7 Å². The number of anilines is 1. The quantitative estimate of drug-likeness (QED) is 0.812. The normalized spacial score (nSPS) is 23.5. The molecular weight excluding hydrogens is 282 g/mol. The summed E-state index contributed by atoms with van der Waals surface area (Å²) in [6, 6.07) is 5.22. The third-order valence-electron chi connectivity index (χ3n) is 5.36. The van der Waals surface area contributed by atoms with Crippen LogP contribution in [0.15, 0.2) is 12.1 Å². The molecule has 3 rings (SSSR count). The van der Waals surface area contributed by atoms with Crippen molar-refractivity contribution in [1.82, 2.24) is 9.88 Å². The van der Waals surface area contributed by atoms with Crippen LogP contribution in [0.1, 0.15) is 69.7 Å². The minimum absolute atomic E-state index is 0.578. The van der Waals surface area contributed by atoms with Crippen molar-refractivity contribution in [2.24, 2.45) is 5.92 Å². The van der Waals surface area contributed by atoms with Gasteiger partial charge in [0.05, 0.1) is 0 Å². The molecule has 2 aliphatic heterocycles. The van der Waals surface area contributed by atoms with Crippen LogP contribution < -0.4 is 4.90 Å². The molecular formula is C20H33N3. The maximum atomic E-state index is 4.98. The summed E-state index contributed by atoms with van der Waals surface area (Å²) in [6.07, 6.45) is 7.99. The first-order valence-electron chi connectivity index (χ1n) is 9.61.